The number of fused-ring (bicyclic) bond motifs is 1. The van der Waals surface area contributed by atoms with Crippen LogP contribution >= 0.6 is 11.6 Å². The molecule has 1 N–H and O–H groups in total. The summed E-state index contributed by atoms with van der Waals surface area (Å²) in [6, 6.07) is 5.17. The fraction of sp³-hybridized carbons (Fsp3) is 0.286. The first kappa shape index (κ1) is 14.4. The van der Waals surface area contributed by atoms with Gasteiger partial charge in [-0.2, -0.15) is 0 Å². The van der Waals surface area contributed by atoms with Crippen molar-refractivity contribution in [3.63, 3.8) is 0 Å². The van der Waals surface area contributed by atoms with Crippen LogP contribution in [0.3, 0.4) is 0 Å². The van der Waals surface area contributed by atoms with Gasteiger partial charge in [0.1, 0.15) is 5.58 Å². The highest BCUT2D eigenvalue weighted by Gasteiger charge is 2.17. The number of esters is 1. The van der Waals surface area contributed by atoms with Crippen LogP contribution in [-0.4, -0.2) is 25.5 Å². The molecule has 0 aliphatic rings. The summed E-state index contributed by atoms with van der Waals surface area (Å²) in [5.74, 6) is -0.510. The van der Waals surface area contributed by atoms with Crippen molar-refractivity contribution in [1.29, 1.82) is 0 Å². The second-order valence-corrected chi connectivity index (χ2v) is 4.72. The van der Waals surface area contributed by atoms with Crippen LogP contribution in [0.25, 0.3) is 11.0 Å². The third-order valence-corrected chi connectivity index (χ3v) is 3.18. The van der Waals surface area contributed by atoms with E-state index in [1.807, 2.05) is 0 Å². The molecule has 2 aromatic rings. The molecule has 6 heteroatoms. The topological polar surface area (TPSA) is 68.5 Å². The molecule has 5 nitrogen and oxygen atoms in total. The van der Waals surface area contributed by atoms with E-state index in [0.717, 1.165) is 10.9 Å². The molecule has 0 bridgehead atoms. The van der Waals surface area contributed by atoms with Crippen molar-refractivity contribution in [2.75, 3.05) is 13.7 Å². The average Bonchev–Trinajstić information content (AvgIpc) is 2.75. The Morgan fingerprint density at radius 2 is 2.15 bits per heavy atom. The van der Waals surface area contributed by atoms with Crippen LogP contribution in [0, 0.1) is 6.92 Å². The summed E-state index contributed by atoms with van der Waals surface area (Å²) in [6.07, 6.45) is 0.118. The minimum atomic E-state index is -0.376. The predicted octanol–water partition coefficient (Wildman–Crippen LogP) is 2.69. The van der Waals surface area contributed by atoms with Gasteiger partial charge in [0.05, 0.1) is 13.5 Å². The Hall–Kier alpha value is -2.01. The van der Waals surface area contributed by atoms with E-state index in [1.165, 1.54) is 7.11 Å². The first-order valence-corrected chi connectivity index (χ1v) is 6.44. The highest BCUT2D eigenvalue weighted by Crippen LogP contribution is 2.27. The van der Waals surface area contributed by atoms with Crippen molar-refractivity contribution in [2.45, 2.75) is 13.3 Å². The molecule has 1 aromatic heterocycles. The molecule has 1 heterocycles. The van der Waals surface area contributed by atoms with Crippen molar-refractivity contribution in [1.82, 2.24) is 5.32 Å². The molecule has 0 spiro atoms. The SMILES string of the molecule is COC(=O)CCNC(=O)c1oc2ccc(Cl)cc2c1C. The van der Waals surface area contributed by atoms with E-state index in [1.54, 1.807) is 25.1 Å². The maximum Gasteiger partial charge on any atom is 0.307 e. The van der Waals surface area contributed by atoms with E-state index in [0.29, 0.717) is 10.6 Å². The molecule has 0 unspecified atom stereocenters. The first-order chi connectivity index (χ1) is 9.52. The van der Waals surface area contributed by atoms with Gasteiger partial charge in [0.15, 0.2) is 5.76 Å². The molecule has 0 atom stereocenters. The smallest absolute Gasteiger partial charge is 0.307 e. The van der Waals surface area contributed by atoms with Crippen molar-refractivity contribution in [3.05, 3.63) is 34.5 Å². The summed E-state index contributed by atoms with van der Waals surface area (Å²) < 4.78 is 10.0. The van der Waals surface area contributed by atoms with Gasteiger partial charge in [0, 0.05) is 22.5 Å². The third kappa shape index (κ3) is 2.93. The Morgan fingerprint density at radius 1 is 1.40 bits per heavy atom. The Bertz CT molecular complexity index is 662. The van der Waals surface area contributed by atoms with Gasteiger partial charge in [-0.1, -0.05) is 11.6 Å². The van der Waals surface area contributed by atoms with E-state index in [4.69, 9.17) is 16.0 Å². The molecule has 106 valence electrons. The predicted molar refractivity (Wildman–Crippen MR) is 74.9 cm³/mol. The summed E-state index contributed by atoms with van der Waals surface area (Å²) in [4.78, 5) is 23.0. The van der Waals surface area contributed by atoms with Gasteiger partial charge in [-0.25, -0.2) is 0 Å². The highest BCUT2D eigenvalue weighted by atomic mass is 35.5. The molecular formula is C14H14ClNO4. The van der Waals surface area contributed by atoms with Crippen molar-refractivity contribution in [2.24, 2.45) is 0 Å². The molecule has 0 radical (unpaired) electrons. The number of aryl methyl sites for hydroxylation is 1. The van der Waals surface area contributed by atoms with Crippen LogP contribution in [0.4, 0.5) is 0 Å². The third-order valence-electron chi connectivity index (χ3n) is 2.95. The van der Waals surface area contributed by atoms with Gasteiger partial charge in [-0.05, 0) is 25.1 Å². The maximum atomic E-state index is 12.0. The van der Waals surface area contributed by atoms with Crippen LogP contribution in [-0.2, 0) is 9.53 Å². The Morgan fingerprint density at radius 3 is 2.85 bits per heavy atom. The second kappa shape index (κ2) is 5.96. The van der Waals surface area contributed by atoms with Gasteiger partial charge >= 0.3 is 5.97 Å². The monoisotopic (exact) mass is 295 g/mol. The number of benzene rings is 1. The minimum absolute atomic E-state index is 0.118. The largest absolute Gasteiger partial charge is 0.469 e. The quantitative estimate of drug-likeness (QED) is 0.881. The maximum absolute atomic E-state index is 12.0. The average molecular weight is 296 g/mol. The number of furan rings is 1. The zero-order valence-electron chi connectivity index (χ0n) is 11.2. The molecule has 20 heavy (non-hydrogen) atoms. The van der Waals surface area contributed by atoms with Gasteiger partial charge in [-0.3, -0.25) is 9.59 Å². The zero-order valence-corrected chi connectivity index (χ0v) is 11.9. The van der Waals surface area contributed by atoms with Crippen molar-refractivity contribution >= 4 is 34.4 Å². The molecule has 1 aromatic carbocycles. The number of nitrogens with one attached hydrogen (secondary N) is 1. The molecular weight excluding hydrogens is 282 g/mol. The van der Waals surface area contributed by atoms with E-state index in [-0.39, 0.29) is 30.6 Å². The number of ether oxygens (including phenoxy) is 1. The summed E-state index contributed by atoms with van der Waals surface area (Å²) in [5, 5.41) is 4.00. The summed E-state index contributed by atoms with van der Waals surface area (Å²) in [6.45, 7) is 1.99. The van der Waals surface area contributed by atoms with Crippen molar-refractivity contribution in [3.8, 4) is 0 Å². The summed E-state index contributed by atoms with van der Waals surface area (Å²) in [7, 11) is 1.30. The number of methoxy groups -OCH3 is 1. The van der Waals surface area contributed by atoms with E-state index < -0.39 is 0 Å². The zero-order chi connectivity index (χ0) is 14.7. The normalized spacial score (nSPS) is 10.6. The molecule has 0 aliphatic heterocycles. The van der Waals surface area contributed by atoms with E-state index in [2.05, 4.69) is 10.1 Å². The lowest BCUT2D eigenvalue weighted by atomic mass is 10.1. The number of carbonyl (C=O) groups excluding carboxylic acids is 2. The number of hydrogen-bond donors (Lipinski definition) is 1. The molecule has 0 saturated heterocycles. The molecule has 1 amide bonds. The van der Waals surface area contributed by atoms with Crippen LogP contribution in [0.2, 0.25) is 5.02 Å². The van der Waals surface area contributed by atoms with Crippen LogP contribution in [0.5, 0.6) is 0 Å². The van der Waals surface area contributed by atoms with E-state index in [9.17, 15) is 9.59 Å². The molecule has 0 aliphatic carbocycles. The Kier molecular flexibility index (Phi) is 4.29. The number of hydrogen-bond acceptors (Lipinski definition) is 4. The number of amides is 1. The van der Waals surface area contributed by atoms with Gasteiger partial charge in [0.25, 0.3) is 5.91 Å². The lowest BCUT2D eigenvalue weighted by molar-refractivity contribution is -0.140. The second-order valence-electron chi connectivity index (χ2n) is 4.28. The Labute approximate surface area is 120 Å². The van der Waals surface area contributed by atoms with Crippen LogP contribution < -0.4 is 5.32 Å². The first-order valence-electron chi connectivity index (χ1n) is 6.06. The molecule has 0 fully saturated rings. The standard InChI is InChI=1S/C14H14ClNO4/c1-8-10-7-9(15)3-4-11(10)20-13(8)14(18)16-6-5-12(17)19-2/h3-4,7H,5-6H2,1-2H3,(H,16,18). The highest BCUT2D eigenvalue weighted by molar-refractivity contribution is 6.31. The van der Waals surface area contributed by atoms with Gasteiger partial charge in [0.2, 0.25) is 0 Å². The molecule has 0 saturated carbocycles. The summed E-state index contributed by atoms with van der Waals surface area (Å²) in [5.41, 5.74) is 1.32. The summed E-state index contributed by atoms with van der Waals surface area (Å²) >= 11 is 5.92. The fourth-order valence-electron chi connectivity index (χ4n) is 1.87. The lowest BCUT2D eigenvalue weighted by Gasteiger charge is -2.02. The minimum Gasteiger partial charge on any atom is -0.469 e. The fourth-order valence-corrected chi connectivity index (χ4v) is 2.04. The number of rotatable bonds is 4. The lowest BCUT2D eigenvalue weighted by Crippen LogP contribution is -2.26. The van der Waals surface area contributed by atoms with E-state index >= 15 is 0 Å². The van der Waals surface area contributed by atoms with Crippen LogP contribution in [0.15, 0.2) is 22.6 Å². The number of halogens is 1. The Balaban J connectivity index is 2.14. The molecule has 2 rings (SSSR count). The van der Waals surface area contributed by atoms with Crippen molar-refractivity contribution < 1.29 is 18.7 Å². The number of carbonyl (C=O) groups is 2. The van der Waals surface area contributed by atoms with Crippen LogP contribution in [0.1, 0.15) is 22.5 Å². The van der Waals surface area contributed by atoms with Gasteiger partial charge < -0.3 is 14.5 Å². The van der Waals surface area contributed by atoms with Gasteiger partial charge in [-0.15, -0.1) is 0 Å².